The van der Waals surface area contributed by atoms with E-state index < -0.39 is 9.84 Å². The molecule has 144 valence electrons. The van der Waals surface area contributed by atoms with Gasteiger partial charge in [0.15, 0.2) is 15.8 Å². The summed E-state index contributed by atoms with van der Waals surface area (Å²) in [7, 11) is -1.67. The lowest BCUT2D eigenvalue weighted by Crippen LogP contribution is -2.54. The molecule has 0 spiro atoms. The quantitative estimate of drug-likeness (QED) is 0.599. The number of sulfone groups is 1. The Bertz CT molecular complexity index is 714. The first-order chi connectivity index (χ1) is 12.5. The van der Waals surface area contributed by atoms with Gasteiger partial charge in [0, 0.05) is 39.8 Å². The number of piperazine rings is 1. The van der Waals surface area contributed by atoms with Crippen LogP contribution in [0, 0.1) is 0 Å². The molecule has 0 bridgehead atoms. The van der Waals surface area contributed by atoms with Crippen LogP contribution in [0.15, 0.2) is 40.2 Å². The minimum Gasteiger partial charge on any atom is -0.450 e. The van der Waals surface area contributed by atoms with Gasteiger partial charge in [-0.05, 0) is 19.1 Å². The van der Waals surface area contributed by atoms with E-state index in [-0.39, 0.29) is 18.4 Å². The molecule has 0 aliphatic carbocycles. The number of benzene rings is 1. The highest BCUT2D eigenvalue weighted by molar-refractivity contribution is 7.91. The van der Waals surface area contributed by atoms with Gasteiger partial charge in [-0.3, -0.25) is 4.99 Å². The van der Waals surface area contributed by atoms with Crippen molar-refractivity contribution in [3.8, 4) is 0 Å². The second-order valence-corrected chi connectivity index (χ2v) is 7.89. The van der Waals surface area contributed by atoms with Gasteiger partial charge < -0.3 is 19.9 Å². The number of hydrogen-bond donors (Lipinski definition) is 1. The Labute approximate surface area is 154 Å². The van der Waals surface area contributed by atoms with Gasteiger partial charge in [0.05, 0.1) is 17.3 Å². The number of aliphatic imine (C=N–C) groups is 1. The van der Waals surface area contributed by atoms with Gasteiger partial charge in [-0.2, -0.15) is 0 Å². The fourth-order valence-corrected chi connectivity index (χ4v) is 3.87. The molecule has 8 nitrogen and oxygen atoms in total. The first-order valence-electron chi connectivity index (χ1n) is 8.63. The first kappa shape index (κ1) is 20.0. The summed E-state index contributed by atoms with van der Waals surface area (Å²) >= 11 is 0. The van der Waals surface area contributed by atoms with E-state index >= 15 is 0 Å². The smallest absolute Gasteiger partial charge is 0.409 e. The second kappa shape index (κ2) is 9.42. The predicted molar refractivity (Wildman–Crippen MR) is 100 cm³/mol. The molecule has 1 fully saturated rings. The normalized spacial score (nSPS) is 15.7. The van der Waals surface area contributed by atoms with Crippen LogP contribution < -0.4 is 5.32 Å². The molecule has 1 aliphatic heterocycles. The largest absolute Gasteiger partial charge is 0.450 e. The van der Waals surface area contributed by atoms with Crippen LogP contribution >= 0.6 is 0 Å². The first-order valence-corrected chi connectivity index (χ1v) is 10.3. The van der Waals surface area contributed by atoms with Crippen molar-refractivity contribution in [2.75, 3.05) is 52.1 Å². The van der Waals surface area contributed by atoms with E-state index in [1.165, 1.54) is 0 Å². The molecule has 9 heteroatoms. The van der Waals surface area contributed by atoms with Gasteiger partial charge in [-0.15, -0.1) is 0 Å². The van der Waals surface area contributed by atoms with Gasteiger partial charge in [-0.1, -0.05) is 18.2 Å². The van der Waals surface area contributed by atoms with E-state index in [1.54, 1.807) is 49.2 Å². The molecule has 0 unspecified atom stereocenters. The summed E-state index contributed by atoms with van der Waals surface area (Å²) in [6.45, 7) is 4.72. The predicted octanol–water partition coefficient (Wildman–Crippen LogP) is 0.810. The Kier molecular flexibility index (Phi) is 7.26. The minimum atomic E-state index is -3.33. The fourth-order valence-electron chi connectivity index (χ4n) is 2.69. The fraction of sp³-hybridized carbons (Fsp3) is 0.529. The highest BCUT2D eigenvalue weighted by Crippen LogP contribution is 2.09. The minimum absolute atomic E-state index is 0.0151. The van der Waals surface area contributed by atoms with Crippen molar-refractivity contribution in [2.45, 2.75) is 11.8 Å². The number of guanidine groups is 1. The summed E-state index contributed by atoms with van der Waals surface area (Å²) in [5, 5.41) is 3.10. The number of carbonyl (C=O) groups excluding carboxylic acids is 1. The molecule has 1 aromatic rings. The number of nitrogens with one attached hydrogen (secondary N) is 1. The molecule has 0 aromatic heterocycles. The van der Waals surface area contributed by atoms with Crippen LogP contribution in [0.25, 0.3) is 0 Å². The third-order valence-electron chi connectivity index (χ3n) is 4.07. The average molecular weight is 382 g/mol. The van der Waals surface area contributed by atoms with Gasteiger partial charge in [0.2, 0.25) is 0 Å². The summed E-state index contributed by atoms with van der Waals surface area (Å²) in [6, 6.07) is 8.40. The van der Waals surface area contributed by atoms with Crippen LogP contribution in [0.2, 0.25) is 0 Å². The third-order valence-corrected chi connectivity index (χ3v) is 5.81. The zero-order chi connectivity index (χ0) is 19.0. The molecule has 1 N–H and O–H groups in total. The third kappa shape index (κ3) is 5.35. The van der Waals surface area contributed by atoms with Crippen molar-refractivity contribution in [3.63, 3.8) is 0 Å². The lowest BCUT2D eigenvalue weighted by atomic mass is 10.3. The maximum absolute atomic E-state index is 12.3. The molecule has 1 saturated heterocycles. The summed E-state index contributed by atoms with van der Waals surface area (Å²) in [4.78, 5) is 19.9. The maximum atomic E-state index is 12.3. The molecule has 1 heterocycles. The van der Waals surface area contributed by atoms with Gasteiger partial charge >= 0.3 is 6.09 Å². The number of rotatable bonds is 5. The van der Waals surface area contributed by atoms with E-state index in [4.69, 9.17) is 4.74 Å². The van der Waals surface area contributed by atoms with Crippen molar-refractivity contribution in [2.24, 2.45) is 4.99 Å². The van der Waals surface area contributed by atoms with Crippen LogP contribution in [-0.4, -0.2) is 82.4 Å². The van der Waals surface area contributed by atoms with Crippen molar-refractivity contribution in [3.05, 3.63) is 30.3 Å². The average Bonchev–Trinajstić information content (AvgIpc) is 2.66. The van der Waals surface area contributed by atoms with E-state index in [9.17, 15) is 13.2 Å². The number of ether oxygens (including phenoxy) is 1. The number of hydrogen-bond acceptors (Lipinski definition) is 5. The number of carbonyl (C=O) groups is 1. The zero-order valence-corrected chi connectivity index (χ0v) is 16.0. The molecule has 2 rings (SSSR count). The van der Waals surface area contributed by atoms with E-state index in [0.29, 0.717) is 43.6 Å². The van der Waals surface area contributed by atoms with Crippen LogP contribution in [0.1, 0.15) is 6.92 Å². The summed E-state index contributed by atoms with van der Waals surface area (Å²) < 4.78 is 29.6. The van der Waals surface area contributed by atoms with Crippen LogP contribution in [0.4, 0.5) is 4.79 Å². The van der Waals surface area contributed by atoms with Crippen LogP contribution in [0.3, 0.4) is 0 Å². The monoisotopic (exact) mass is 382 g/mol. The second-order valence-electron chi connectivity index (χ2n) is 5.78. The highest BCUT2D eigenvalue weighted by Gasteiger charge is 2.24. The Balaban J connectivity index is 1.83. The standard InChI is InChI=1S/C17H26N4O4S/c1-3-25-17(22)21-12-10-20(11-13-21)16(18-2)19-9-14-26(23,24)15-7-5-4-6-8-15/h4-8H,3,9-14H2,1-2H3,(H,18,19). The molecule has 0 atom stereocenters. The molecule has 0 saturated carbocycles. The SMILES string of the molecule is CCOC(=O)N1CCN(C(=NC)NCCS(=O)(=O)c2ccccc2)CC1. The van der Waals surface area contributed by atoms with Gasteiger partial charge in [0.25, 0.3) is 0 Å². The lowest BCUT2D eigenvalue weighted by Gasteiger charge is -2.35. The van der Waals surface area contributed by atoms with Crippen LogP contribution in [0.5, 0.6) is 0 Å². The summed E-state index contributed by atoms with van der Waals surface area (Å²) in [5.74, 6) is 0.621. The molecular formula is C17H26N4O4S. The van der Waals surface area contributed by atoms with Gasteiger partial charge in [0.1, 0.15) is 0 Å². The molecule has 0 radical (unpaired) electrons. The summed E-state index contributed by atoms with van der Waals surface area (Å²) in [6.07, 6.45) is -0.302. The van der Waals surface area contributed by atoms with Crippen molar-refractivity contribution in [1.29, 1.82) is 0 Å². The van der Waals surface area contributed by atoms with E-state index in [1.807, 2.05) is 4.90 Å². The Morgan fingerprint density at radius 2 is 1.77 bits per heavy atom. The molecular weight excluding hydrogens is 356 g/mol. The molecule has 1 aliphatic rings. The van der Waals surface area contributed by atoms with Crippen LogP contribution in [-0.2, 0) is 14.6 Å². The van der Waals surface area contributed by atoms with E-state index in [0.717, 1.165) is 0 Å². The Hall–Kier alpha value is -2.29. The van der Waals surface area contributed by atoms with E-state index in [2.05, 4.69) is 10.3 Å². The van der Waals surface area contributed by atoms with Gasteiger partial charge in [-0.25, -0.2) is 13.2 Å². The maximum Gasteiger partial charge on any atom is 0.409 e. The van der Waals surface area contributed by atoms with Crippen molar-refractivity contribution >= 4 is 21.9 Å². The topological polar surface area (TPSA) is 91.3 Å². The Morgan fingerprint density at radius 1 is 1.15 bits per heavy atom. The zero-order valence-electron chi connectivity index (χ0n) is 15.2. The Morgan fingerprint density at radius 3 is 2.35 bits per heavy atom. The molecule has 26 heavy (non-hydrogen) atoms. The lowest BCUT2D eigenvalue weighted by molar-refractivity contribution is 0.0915. The molecule has 1 amide bonds. The van der Waals surface area contributed by atoms with Crippen molar-refractivity contribution in [1.82, 2.24) is 15.1 Å². The number of amides is 1. The molecule has 1 aromatic carbocycles. The highest BCUT2D eigenvalue weighted by atomic mass is 32.2. The van der Waals surface area contributed by atoms with Crippen molar-refractivity contribution < 1.29 is 17.9 Å². The number of nitrogens with zero attached hydrogens (tertiary/aromatic N) is 3. The summed E-state index contributed by atoms with van der Waals surface area (Å²) in [5.41, 5.74) is 0.